The van der Waals surface area contributed by atoms with Crippen molar-refractivity contribution in [2.45, 2.75) is 38.6 Å². The molecule has 0 aliphatic heterocycles. The van der Waals surface area contributed by atoms with Crippen molar-refractivity contribution in [3.8, 4) is 0 Å². The monoisotopic (exact) mass is 289 g/mol. The van der Waals surface area contributed by atoms with Crippen LogP contribution in [0, 0.1) is 0 Å². The third-order valence-electron chi connectivity index (χ3n) is 3.34. The molecular weight excluding hydrogens is 270 g/mol. The Morgan fingerprint density at radius 2 is 2.00 bits per heavy atom. The van der Waals surface area contributed by atoms with Crippen molar-refractivity contribution < 1.29 is 0 Å². The van der Waals surface area contributed by atoms with Gasteiger partial charge in [-0.15, -0.1) is 11.3 Å². The predicted octanol–water partition coefficient (Wildman–Crippen LogP) is 2.88. The molecule has 0 unspecified atom stereocenters. The zero-order valence-corrected chi connectivity index (χ0v) is 12.3. The summed E-state index contributed by atoms with van der Waals surface area (Å²) in [7, 11) is 0. The Bertz CT molecular complexity index is 591. The van der Waals surface area contributed by atoms with Crippen LogP contribution in [0.4, 0.5) is 11.6 Å². The van der Waals surface area contributed by atoms with Gasteiger partial charge >= 0.3 is 0 Å². The van der Waals surface area contributed by atoms with E-state index in [1.165, 1.54) is 22.6 Å². The van der Waals surface area contributed by atoms with Gasteiger partial charge in [0.25, 0.3) is 0 Å². The van der Waals surface area contributed by atoms with Crippen LogP contribution in [0.25, 0.3) is 0 Å². The molecule has 4 N–H and O–H groups in total. The van der Waals surface area contributed by atoms with Crippen LogP contribution in [0.1, 0.15) is 41.3 Å². The van der Waals surface area contributed by atoms with E-state index >= 15 is 0 Å². The first-order chi connectivity index (χ1) is 9.78. The number of aryl methyl sites for hydroxylation is 1. The van der Waals surface area contributed by atoms with Crippen LogP contribution in [0.5, 0.6) is 0 Å². The van der Waals surface area contributed by atoms with Crippen molar-refractivity contribution in [1.82, 2.24) is 9.97 Å². The number of nitrogen functional groups attached to an aromatic ring is 1. The van der Waals surface area contributed by atoms with E-state index in [0.717, 1.165) is 24.6 Å². The Hall–Kier alpha value is -1.66. The molecule has 20 heavy (non-hydrogen) atoms. The topological polar surface area (TPSA) is 75.9 Å². The van der Waals surface area contributed by atoms with Crippen LogP contribution in [0.15, 0.2) is 18.2 Å². The second kappa shape index (κ2) is 5.76. The number of hydrogen-bond donors (Lipinski definition) is 3. The second-order valence-electron chi connectivity index (χ2n) is 4.99. The van der Waals surface area contributed by atoms with E-state index in [-0.39, 0.29) is 0 Å². The second-order valence-corrected chi connectivity index (χ2v) is 6.24. The largest absolute Gasteiger partial charge is 0.365 e. The molecule has 1 saturated carbocycles. The maximum atomic E-state index is 5.47. The average molecular weight is 289 g/mol. The zero-order chi connectivity index (χ0) is 13.9. The molecule has 1 aliphatic rings. The summed E-state index contributed by atoms with van der Waals surface area (Å²) in [6, 6.07) is 6.20. The molecular formula is C14H19N5S. The van der Waals surface area contributed by atoms with Gasteiger partial charge in [-0.25, -0.2) is 15.8 Å². The number of anilines is 2. The molecule has 0 aromatic carbocycles. The van der Waals surface area contributed by atoms with Crippen LogP contribution in [-0.4, -0.2) is 9.97 Å². The SMILES string of the molecule is CCc1ccc(CNc2cc(NN)nc(C3CC3)n2)s1. The summed E-state index contributed by atoms with van der Waals surface area (Å²) in [5.41, 5.74) is 2.61. The van der Waals surface area contributed by atoms with Crippen molar-refractivity contribution in [1.29, 1.82) is 0 Å². The fourth-order valence-corrected chi connectivity index (χ4v) is 2.94. The smallest absolute Gasteiger partial charge is 0.145 e. The Morgan fingerprint density at radius 1 is 1.25 bits per heavy atom. The lowest BCUT2D eigenvalue weighted by molar-refractivity contribution is 0.921. The van der Waals surface area contributed by atoms with Crippen molar-refractivity contribution in [3.63, 3.8) is 0 Å². The molecule has 5 nitrogen and oxygen atoms in total. The minimum absolute atomic E-state index is 0.511. The quantitative estimate of drug-likeness (QED) is 0.563. The maximum absolute atomic E-state index is 5.47. The van der Waals surface area contributed by atoms with Gasteiger partial charge < -0.3 is 10.7 Å². The molecule has 106 valence electrons. The summed E-state index contributed by atoms with van der Waals surface area (Å²) in [4.78, 5) is 11.7. The Balaban J connectivity index is 1.71. The first kappa shape index (κ1) is 13.3. The van der Waals surface area contributed by atoms with Gasteiger partial charge in [-0.3, -0.25) is 0 Å². The number of nitrogens with zero attached hydrogens (tertiary/aromatic N) is 2. The number of thiophene rings is 1. The molecule has 0 saturated heterocycles. The molecule has 2 aromatic rings. The first-order valence-corrected chi connectivity index (χ1v) is 7.77. The highest BCUT2D eigenvalue weighted by molar-refractivity contribution is 7.12. The van der Waals surface area contributed by atoms with Crippen molar-refractivity contribution in [2.24, 2.45) is 5.84 Å². The normalized spacial score (nSPS) is 14.3. The zero-order valence-electron chi connectivity index (χ0n) is 11.5. The van der Waals surface area contributed by atoms with Gasteiger partial charge in [0.1, 0.15) is 17.5 Å². The van der Waals surface area contributed by atoms with Crippen molar-refractivity contribution in [2.75, 3.05) is 10.7 Å². The van der Waals surface area contributed by atoms with Crippen LogP contribution in [-0.2, 0) is 13.0 Å². The molecule has 3 rings (SSSR count). The number of hydrogen-bond acceptors (Lipinski definition) is 6. The number of nitrogens with one attached hydrogen (secondary N) is 2. The van der Waals surface area contributed by atoms with E-state index in [2.05, 4.69) is 39.8 Å². The van der Waals surface area contributed by atoms with Gasteiger partial charge in [-0.05, 0) is 31.4 Å². The van der Waals surface area contributed by atoms with Gasteiger partial charge in [-0.2, -0.15) is 0 Å². The van der Waals surface area contributed by atoms with Gasteiger partial charge in [0.05, 0.1) is 6.54 Å². The van der Waals surface area contributed by atoms with E-state index in [1.807, 2.05) is 17.4 Å². The summed E-state index contributed by atoms with van der Waals surface area (Å²) in [5.74, 6) is 8.38. The summed E-state index contributed by atoms with van der Waals surface area (Å²) in [6.07, 6.45) is 3.45. The standard InChI is InChI=1S/C14H19N5S/c1-2-10-5-6-11(20-10)8-16-12-7-13(19-15)18-14(17-12)9-3-4-9/h5-7,9H,2-4,8,15H2,1H3,(H2,16,17,18,19). The lowest BCUT2D eigenvalue weighted by Gasteiger charge is -2.08. The number of hydrazine groups is 1. The number of rotatable bonds is 6. The van der Waals surface area contributed by atoms with Crippen LogP contribution < -0.4 is 16.6 Å². The van der Waals surface area contributed by atoms with Gasteiger partial charge in [0.2, 0.25) is 0 Å². The molecule has 6 heteroatoms. The van der Waals surface area contributed by atoms with E-state index < -0.39 is 0 Å². The highest BCUT2D eigenvalue weighted by Gasteiger charge is 2.27. The summed E-state index contributed by atoms with van der Waals surface area (Å²) >= 11 is 1.84. The van der Waals surface area contributed by atoms with E-state index in [0.29, 0.717) is 11.7 Å². The number of nitrogens with two attached hydrogens (primary N) is 1. The minimum Gasteiger partial charge on any atom is -0.365 e. The third-order valence-corrected chi connectivity index (χ3v) is 4.57. The van der Waals surface area contributed by atoms with Crippen molar-refractivity contribution >= 4 is 23.0 Å². The molecule has 1 aliphatic carbocycles. The number of aromatic nitrogens is 2. The molecule has 0 radical (unpaired) electrons. The molecule has 2 heterocycles. The van der Waals surface area contributed by atoms with Crippen LogP contribution >= 0.6 is 11.3 Å². The molecule has 0 spiro atoms. The van der Waals surface area contributed by atoms with Gasteiger partial charge in [-0.1, -0.05) is 6.92 Å². The first-order valence-electron chi connectivity index (χ1n) is 6.95. The minimum atomic E-state index is 0.511. The van der Waals surface area contributed by atoms with Crippen molar-refractivity contribution in [3.05, 3.63) is 33.8 Å². The molecule has 1 fully saturated rings. The van der Waals surface area contributed by atoms with E-state index in [4.69, 9.17) is 5.84 Å². The third kappa shape index (κ3) is 3.08. The van der Waals surface area contributed by atoms with Gasteiger partial charge in [0.15, 0.2) is 0 Å². The summed E-state index contributed by atoms with van der Waals surface area (Å²) < 4.78 is 0. The maximum Gasteiger partial charge on any atom is 0.145 e. The molecule has 0 amide bonds. The average Bonchev–Trinajstić information content (AvgIpc) is 3.24. The Labute approximate surface area is 122 Å². The predicted molar refractivity (Wildman–Crippen MR) is 82.8 cm³/mol. The summed E-state index contributed by atoms with van der Waals surface area (Å²) in [5, 5.41) is 3.36. The Morgan fingerprint density at radius 3 is 2.65 bits per heavy atom. The summed E-state index contributed by atoms with van der Waals surface area (Å²) in [6.45, 7) is 2.96. The lowest BCUT2D eigenvalue weighted by atomic mass is 10.3. The fraction of sp³-hybridized carbons (Fsp3) is 0.429. The molecule has 0 atom stereocenters. The Kier molecular flexibility index (Phi) is 3.84. The highest BCUT2D eigenvalue weighted by atomic mass is 32.1. The van der Waals surface area contributed by atoms with Crippen LogP contribution in [0.3, 0.4) is 0 Å². The van der Waals surface area contributed by atoms with E-state index in [9.17, 15) is 0 Å². The fourth-order valence-electron chi connectivity index (χ4n) is 2.04. The van der Waals surface area contributed by atoms with Gasteiger partial charge in [0, 0.05) is 21.7 Å². The molecule has 0 bridgehead atoms. The highest BCUT2D eigenvalue weighted by Crippen LogP contribution is 2.38. The van der Waals surface area contributed by atoms with E-state index in [1.54, 1.807) is 0 Å². The van der Waals surface area contributed by atoms with Crippen LogP contribution in [0.2, 0.25) is 0 Å². The lowest BCUT2D eigenvalue weighted by Crippen LogP contribution is -2.12. The molecule has 2 aromatic heterocycles.